The quantitative estimate of drug-likeness (QED) is 0.511. The van der Waals surface area contributed by atoms with E-state index in [9.17, 15) is 18.0 Å². The number of sulfonamides is 1. The van der Waals surface area contributed by atoms with E-state index in [1.165, 1.54) is 15.9 Å². The van der Waals surface area contributed by atoms with Gasteiger partial charge in [0, 0.05) is 63.9 Å². The second-order valence-electron chi connectivity index (χ2n) is 9.50. The highest BCUT2D eigenvalue weighted by Crippen LogP contribution is 2.24. The van der Waals surface area contributed by atoms with Crippen LogP contribution in [0.5, 0.6) is 0 Å². The summed E-state index contributed by atoms with van der Waals surface area (Å²) in [6, 6.07) is 14.9. The molecule has 0 saturated carbocycles. The van der Waals surface area contributed by atoms with Crippen LogP contribution in [-0.2, 0) is 23.1 Å². The van der Waals surface area contributed by atoms with Gasteiger partial charge >= 0.3 is 0 Å². The van der Waals surface area contributed by atoms with Gasteiger partial charge in [-0.2, -0.15) is 4.31 Å². The number of nitrogens with zero attached hydrogens (tertiary/aromatic N) is 4. The summed E-state index contributed by atoms with van der Waals surface area (Å²) < 4.78 is 29.5. The summed E-state index contributed by atoms with van der Waals surface area (Å²) in [4.78, 5) is 31.1. The first-order chi connectivity index (χ1) is 17.4. The van der Waals surface area contributed by atoms with Gasteiger partial charge in [-0.1, -0.05) is 30.3 Å². The number of hydrogen-bond donors (Lipinski definition) is 0. The van der Waals surface area contributed by atoms with Gasteiger partial charge in [-0.25, -0.2) is 8.42 Å². The molecule has 1 amide bonds. The van der Waals surface area contributed by atoms with Gasteiger partial charge in [0.15, 0.2) is 0 Å². The zero-order valence-electron chi connectivity index (χ0n) is 20.6. The van der Waals surface area contributed by atoms with E-state index in [1.807, 2.05) is 29.7 Å². The zero-order chi connectivity index (χ0) is 25.3. The van der Waals surface area contributed by atoms with Crippen molar-refractivity contribution < 1.29 is 13.2 Å². The van der Waals surface area contributed by atoms with E-state index < -0.39 is 15.5 Å². The highest BCUT2D eigenvalue weighted by molar-refractivity contribution is 7.89. The minimum atomic E-state index is -3.67. The fraction of sp³-hybridized carbons (Fsp3) is 0.407. The Labute approximate surface area is 211 Å². The summed E-state index contributed by atoms with van der Waals surface area (Å²) in [5.41, 5.74) is 1.55. The summed E-state index contributed by atoms with van der Waals surface area (Å²) in [6.07, 6.45) is 3.30. The third kappa shape index (κ3) is 4.70. The minimum absolute atomic E-state index is 0.0941. The Kier molecular flexibility index (Phi) is 6.96. The second-order valence-corrected chi connectivity index (χ2v) is 11.4. The first-order valence-electron chi connectivity index (χ1n) is 12.6. The Bertz CT molecular complexity index is 1420. The van der Waals surface area contributed by atoms with Crippen molar-refractivity contribution in [1.82, 2.24) is 18.7 Å². The molecular weight excluding hydrogens is 476 g/mol. The molecule has 2 fully saturated rings. The van der Waals surface area contributed by atoms with Crippen molar-refractivity contribution >= 4 is 26.8 Å². The molecule has 0 aliphatic carbocycles. The van der Waals surface area contributed by atoms with Crippen molar-refractivity contribution in [1.29, 1.82) is 0 Å². The summed E-state index contributed by atoms with van der Waals surface area (Å²) in [6.45, 7) is 6.86. The number of benzene rings is 2. The van der Waals surface area contributed by atoms with E-state index >= 15 is 0 Å². The molecule has 8 nitrogen and oxygen atoms in total. The molecule has 3 aromatic rings. The molecule has 1 aromatic heterocycles. The van der Waals surface area contributed by atoms with E-state index in [2.05, 4.69) is 17.0 Å². The van der Waals surface area contributed by atoms with Crippen molar-refractivity contribution in [2.45, 2.75) is 37.8 Å². The number of rotatable bonds is 6. The third-order valence-electron chi connectivity index (χ3n) is 7.23. The van der Waals surface area contributed by atoms with E-state index in [1.54, 1.807) is 23.2 Å². The van der Waals surface area contributed by atoms with Crippen LogP contribution in [0.2, 0.25) is 0 Å². The van der Waals surface area contributed by atoms with Gasteiger partial charge < -0.3 is 9.47 Å². The molecule has 2 aliphatic rings. The van der Waals surface area contributed by atoms with E-state index in [0.717, 1.165) is 32.5 Å². The van der Waals surface area contributed by atoms with Crippen LogP contribution in [0.4, 0.5) is 0 Å². The molecule has 0 bridgehead atoms. The Morgan fingerprint density at radius 1 is 0.917 bits per heavy atom. The summed E-state index contributed by atoms with van der Waals surface area (Å²) in [5.74, 6) is -0.295. The van der Waals surface area contributed by atoms with Crippen LogP contribution in [0.3, 0.4) is 0 Å². The lowest BCUT2D eigenvalue weighted by Crippen LogP contribution is -2.49. The Morgan fingerprint density at radius 3 is 2.28 bits per heavy atom. The summed E-state index contributed by atoms with van der Waals surface area (Å²) in [7, 11) is -3.67. The molecule has 2 aromatic carbocycles. The number of hydrogen-bond acceptors (Lipinski definition) is 5. The maximum Gasteiger partial charge on any atom is 0.259 e. The van der Waals surface area contributed by atoms with Gasteiger partial charge in [0.25, 0.3) is 5.91 Å². The van der Waals surface area contributed by atoms with Crippen LogP contribution < -0.4 is 5.43 Å². The van der Waals surface area contributed by atoms with Gasteiger partial charge in [0.2, 0.25) is 15.5 Å². The van der Waals surface area contributed by atoms with Crippen LogP contribution in [0.1, 0.15) is 35.7 Å². The number of amides is 1. The van der Waals surface area contributed by atoms with Gasteiger partial charge in [0.1, 0.15) is 5.56 Å². The molecule has 2 aliphatic heterocycles. The van der Waals surface area contributed by atoms with Crippen molar-refractivity contribution in [2.24, 2.45) is 0 Å². The average molecular weight is 509 g/mol. The lowest BCUT2D eigenvalue weighted by atomic mass is 10.1. The van der Waals surface area contributed by atoms with Gasteiger partial charge in [0.05, 0.1) is 10.4 Å². The van der Waals surface area contributed by atoms with E-state index in [4.69, 9.17) is 0 Å². The molecule has 0 N–H and O–H groups in total. The normalized spacial score (nSPS) is 17.6. The highest BCUT2D eigenvalue weighted by Gasteiger charge is 2.29. The number of piperazine rings is 1. The highest BCUT2D eigenvalue weighted by atomic mass is 32.2. The lowest BCUT2D eigenvalue weighted by molar-refractivity contribution is 0.0626. The van der Waals surface area contributed by atoms with Crippen molar-refractivity contribution in [3.8, 4) is 0 Å². The number of aromatic nitrogens is 1. The smallest absolute Gasteiger partial charge is 0.259 e. The summed E-state index contributed by atoms with van der Waals surface area (Å²) >= 11 is 0. The first kappa shape index (κ1) is 24.7. The first-order valence-corrected chi connectivity index (χ1v) is 14.1. The maximum absolute atomic E-state index is 13.5. The fourth-order valence-corrected chi connectivity index (χ4v) is 6.69. The lowest BCUT2D eigenvalue weighted by Gasteiger charge is -2.34. The van der Waals surface area contributed by atoms with Gasteiger partial charge in [-0.3, -0.25) is 14.5 Å². The topological polar surface area (TPSA) is 82.9 Å². The minimum Gasteiger partial charge on any atom is -0.347 e. The molecule has 5 rings (SSSR count). The van der Waals surface area contributed by atoms with Crippen LogP contribution in [0.25, 0.3) is 10.9 Å². The molecule has 2 saturated heterocycles. The molecule has 9 heteroatoms. The predicted molar refractivity (Wildman–Crippen MR) is 139 cm³/mol. The molecule has 0 spiro atoms. The maximum atomic E-state index is 13.5. The molecule has 0 radical (unpaired) electrons. The molecule has 3 heterocycles. The van der Waals surface area contributed by atoms with Crippen LogP contribution in [-0.4, -0.2) is 72.3 Å². The van der Waals surface area contributed by atoms with Gasteiger partial charge in [-0.15, -0.1) is 0 Å². The molecule has 0 unspecified atom stereocenters. The Morgan fingerprint density at radius 2 is 1.61 bits per heavy atom. The van der Waals surface area contributed by atoms with Crippen LogP contribution in [0, 0.1) is 0 Å². The SMILES string of the molecule is CCn1cc(C(=O)N2CCN(Cc3ccccc3)CC2)c(=O)c2cc(S(=O)(=O)N3CCCC3)ccc21. The molecule has 190 valence electrons. The molecule has 0 atom stereocenters. The standard InChI is InChI=1S/C27H32N4O4S/c1-2-29-20-24(27(33)30-16-14-28(15-17-30)19-21-8-4-3-5-9-21)26(32)23-18-22(10-11-25(23)29)36(34,35)31-12-6-7-13-31/h3-5,8-11,18,20H,2,6-7,12-17,19H2,1H3. The number of aryl methyl sites for hydroxylation is 1. The number of pyridine rings is 1. The van der Waals surface area contributed by atoms with Crippen LogP contribution in [0.15, 0.2) is 64.4 Å². The molecule has 36 heavy (non-hydrogen) atoms. The predicted octanol–water partition coefficient (Wildman–Crippen LogP) is 2.76. The van der Waals surface area contributed by atoms with E-state index in [-0.39, 0.29) is 21.8 Å². The van der Waals surface area contributed by atoms with E-state index in [0.29, 0.717) is 38.2 Å². The number of carbonyl (C=O) groups excluding carboxylic acids is 1. The Hall–Kier alpha value is -3.01. The van der Waals surface area contributed by atoms with Crippen molar-refractivity contribution in [2.75, 3.05) is 39.3 Å². The fourth-order valence-electron chi connectivity index (χ4n) is 5.15. The van der Waals surface area contributed by atoms with Gasteiger partial charge in [-0.05, 0) is 43.5 Å². The second kappa shape index (κ2) is 10.2. The summed E-state index contributed by atoms with van der Waals surface area (Å²) in [5, 5.41) is 0.269. The average Bonchev–Trinajstić information content (AvgIpc) is 3.46. The Balaban J connectivity index is 1.41. The number of carbonyl (C=O) groups is 1. The zero-order valence-corrected chi connectivity index (χ0v) is 21.4. The van der Waals surface area contributed by atoms with Crippen molar-refractivity contribution in [3.63, 3.8) is 0 Å². The number of fused-ring (bicyclic) bond motifs is 1. The monoisotopic (exact) mass is 508 g/mol. The third-order valence-corrected chi connectivity index (χ3v) is 9.13. The van der Waals surface area contributed by atoms with Crippen LogP contribution >= 0.6 is 0 Å². The largest absolute Gasteiger partial charge is 0.347 e. The van der Waals surface area contributed by atoms with Crippen molar-refractivity contribution in [3.05, 3.63) is 76.1 Å². The molecular formula is C27H32N4O4S.